The van der Waals surface area contributed by atoms with Gasteiger partial charge >= 0.3 is 5.97 Å². The van der Waals surface area contributed by atoms with Crippen LogP contribution in [0.1, 0.15) is 94.9 Å². The van der Waals surface area contributed by atoms with Crippen LogP contribution in [0.5, 0.6) is 0 Å². The Hall–Kier alpha value is -1.62. The van der Waals surface area contributed by atoms with Crippen molar-refractivity contribution >= 4 is 11.7 Å². The number of aliphatic hydroxyl groups excluding tert-OH is 3. The maximum Gasteiger partial charge on any atom is 0.311 e. The molecule has 0 spiro atoms. The molecule has 0 saturated carbocycles. The second-order valence-corrected chi connectivity index (χ2v) is 18.0. The molecule has 59 heavy (non-hydrogen) atoms. The van der Waals surface area contributed by atoms with Crippen molar-refractivity contribution in [1.82, 2.24) is 4.90 Å². The predicted molar refractivity (Wildman–Crippen MR) is 214 cm³/mol. The van der Waals surface area contributed by atoms with E-state index in [1.54, 1.807) is 34.6 Å². The minimum absolute atomic E-state index is 0.0501. The molecule has 0 radical (unpaired) electrons. The van der Waals surface area contributed by atoms with E-state index in [-0.39, 0.29) is 50.7 Å². The molecule has 3 aliphatic rings. The molecule has 1 unspecified atom stereocenters. The van der Waals surface area contributed by atoms with E-state index in [9.17, 15) is 35.4 Å². The number of aliphatic hydroxyl groups is 6. The molecular formula is C41H76N2O16. The minimum atomic E-state index is -2.10. The van der Waals surface area contributed by atoms with Gasteiger partial charge in [0.1, 0.15) is 29.5 Å². The summed E-state index contributed by atoms with van der Waals surface area (Å²) < 4.78 is 47.8. The second-order valence-electron chi connectivity index (χ2n) is 18.0. The lowest BCUT2D eigenvalue weighted by Crippen LogP contribution is -2.63. The summed E-state index contributed by atoms with van der Waals surface area (Å²) >= 11 is 0. The Labute approximate surface area is 350 Å². The first-order valence-electron chi connectivity index (χ1n) is 20.8. The predicted octanol–water partition coefficient (Wildman–Crippen LogP) is 1.32. The maximum atomic E-state index is 14.3. The molecule has 0 amide bonds. The molecule has 0 aromatic carbocycles. The monoisotopic (exact) mass is 853 g/mol. The summed E-state index contributed by atoms with van der Waals surface area (Å²) in [4.78, 5) is 21.7. The van der Waals surface area contributed by atoms with Crippen LogP contribution in [-0.4, -0.2) is 185 Å². The fraction of sp³-hybridized carbons (Fsp3) is 0.951. The Morgan fingerprint density at radius 2 is 1.54 bits per heavy atom. The molecular weight excluding hydrogens is 776 g/mol. The third-order valence-corrected chi connectivity index (χ3v) is 12.6. The summed E-state index contributed by atoms with van der Waals surface area (Å²) in [6, 6.07) is -0.384. The van der Waals surface area contributed by atoms with Gasteiger partial charge in [-0.05, 0) is 75.4 Å². The number of ether oxygens (including phenoxy) is 8. The zero-order valence-electron chi connectivity index (χ0n) is 37.7. The zero-order chi connectivity index (χ0) is 44.8. The number of rotatable bonds is 13. The van der Waals surface area contributed by atoms with Crippen LogP contribution < -0.4 is 0 Å². The number of hydrogen-bond donors (Lipinski definition) is 6. The third kappa shape index (κ3) is 12.3. The number of nitrogens with zero attached hydrogens (tertiary/aromatic N) is 2. The summed E-state index contributed by atoms with van der Waals surface area (Å²) in [7, 11) is 6.64. The standard InChI is InChI=1S/C41H76N2O16/c1-15-28-41(10,50)33(45)25(5)32(42-54-21-53-17-16-51-13)38(7,48)20-39(8,49)35(59-37-30(44)27(43(11)12)18-22(2)55-37)23(3)31(24(4)36(47)57-28)58-29-19-40(9,52-14)34(46)26(6)56-29/h22-31,33-35,37,44-46,48-50H,15-21H2,1-14H3/b42-32-/t22-,23+,24-,25+,26+,27+,28-,29+,30-,31+,33-,34+,35-,37+,38?,39-,40-,41-/m1/s1. The molecule has 18 nitrogen and oxygen atoms in total. The molecule has 6 N–H and O–H groups in total. The van der Waals surface area contributed by atoms with Crippen LogP contribution in [0.2, 0.25) is 0 Å². The molecule has 18 heteroatoms. The van der Waals surface area contributed by atoms with Gasteiger partial charge in [0.15, 0.2) is 12.6 Å². The van der Waals surface area contributed by atoms with Gasteiger partial charge in [0, 0.05) is 44.9 Å². The van der Waals surface area contributed by atoms with E-state index < -0.39 is 108 Å². The third-order valence-electron chi connectivity index (χ3n) is 12.6. The van der Waals surface area contributed by atoms with Gasteiger partial charge < -0.3 is 78.3 Å². The van der Waals surface area contributed by atoms with Crippen molar-refractivity contribution in [3.05, 3.63) is 0 Å². The van der Waals surface area contributed by atoms with Crippen LogP contribution in [-0.2, 0) is 47.5 Å². The molecule has 0 bridgehead atoms. The molecule has 18 atom stereocenters. The highest BCUT2D eigenvalue weighted by Gasteiger charge is 2.55. The largest absolute Gasteiger partial charge is 0.459 e. The first kappa shape index (κ1) is 51.7. The molecule has 3 aliphatic heterocycles. The molecule has 0 aromatic heterocycles. The normalized spacial score (nSPS) is 46.5. The van der Waals surface area contributed by atoms with Crippen LogP contribution in [0.15, 0.2) is 5.16 Å². The zero-order valence-corrected chi connectivity index (χ0v) is 37.7. The number of cyclic esters (lactones) is 1. The van der Waals surface area contributed by atoms with E-state index in [2.05, 4.69) is 5.16 Å². The summed E-state index contributed by atoms with van der Waals surface area (Å²) in [5.41, 5.74) is -7.49. The number of oxime groups is 1. The van der Waals surface area contributed by atoms with Crippen LogP contribution in [0.3, 0.4) is 0 Å². The maximum absolute atomic E-state index is 14.3. The fourth-order valence-electron chi connectivity index (χ4n) is 9.01. The lowest BCUT2D eigenvalue weighted by Gasteiger charge is -2.49. The molecule has 3 heterocycles. The first-order valence-corrected chi connectivity index (χ1v) is 20.8. The van der Waals surface area contributed by atoms with E-state index in [4.69, 9.17) is 42.7 Å². The van der Waals surface area contributed by atoms with E-state index in [0.29, 0.717) is 6.42 Å². The molecule has 3 rings (SSSR count). The second kappa shape index (κ2) is 21.2. The van der Waals surface area contributed by atoms with Gasteiger partial charge in [-0.25, -0.2) is 0 Å². The molecule has 0 aromatic rings. The van der Waals surface area contributed by atoms with Crippen molar-refractivity contribution in [3.8, 4) is 0 Å². The van der Waals surface area contributed by atoms with Gasteiger partial charge in [-0.3, -0.25) is 4.79 Å². The minimum Gasteiger partial charge on any atom is -0.459 e. The van der Waals surface area contributed by atoms with Crippen LogP contribution in [0.4, 0.5) is 0 Å². The van der Waals surface area contributed by atoms with Gasteiger partial charge in [-0.15, -0.1) is 0 Å². The van der Waals surface area contributed by atoms with Crippen molar-refractivity contribution < 1.29 is 78.2 Å². The molecule has 0 aliphatic carbocycles. The van der Waals surface area contributed by atoms with E-state index in [0.717, 1.165) is 0 Å². The highest BCUT2D eigenvalue weighted by atomic mass is 16.7. The summed E-state index contributed by atoms with van der Waals surface area (Å²) in [6.07, 6.45) is -11.0. The number of carbonyl (C=O) groups excluding carboxylic acids is 1. The van der Waals surface area contributed by atoms with Crippen molar-refractivity contribution in [3.63, 3.8) is 0 Å². The SMILES string of the molecule is CC[C@H]1OC(=O)[C@H](C)[C@@H](O[C@H]2C[C@@](C)(OC)[C@@H](O)[C@H](C)O2)[C@H](C)[C@@H](O[C@@H]2O[C@H](C)C[C@H](N(C)C)[C@H]2O)[C@](C)(O)CC(C)(O)/C(=N\OCOCCOC)[C@H](C)[C@@H](O)[C@]1(C)O. The summed E-state index contributed by atoms with van der Waals surface area (Å²) in [5, 5.41) is 75.8. The van der Waals surface area contributed by atoms with Gasteiger partial charge in [0.2, 0.25) is 6.79 Å². The van der Waals surface area contributed by atoms with Gasteiger partial charge in [-0.1, -0.05) is 25.9 Å². The van der Waals surface area contributed by atoms with Gasteiger partial charge in [-0.2, -0.15) is 0 Å². The average molecular weight is 853 g/mol. The van der Waals surface area contributed by atoms with Crippen molar-refractivity contribution in [2.24, 2.45) is 22.9 Å². The highest BCUT2D eigenvalue weighted by molar-refractivity contribution is 5.94. The van der Waals surface area contributed by atoms with E-state index in [1.807, 2.05) is 25.9 Å². The van der Waals surface area contributed by atoms with Crippen LogP contribution in [0, 0.1) is 17.8 Å². The number of likely N-dealkylation sites (N-methyl/N-ethyl adjacent to an activating group) is 1. The Bertz CT molecular complexity index is 1350. The molecule has 3 saturated heterocycles. The Morgan fingerprint density at radius 1 is 0.898 bits per heavy atom. The van der Waals surface area contributed by atoms with Crippen LogP contribution >= 0.6 is 0 Å². The van der Waals surface area contributed by atoms with Crippen LogP contribution in [0.25, 0.3) is 0 Å². The van der Waals surface area contributed by atoms with E-state index >= 15 is 0 Å². The smallest absolute Gasteiger partial charge is 0.311 e. The Kier molecular flexibility index (Phi) is 18.6. The van der Waals surface area contributed by atoms with Crippen molar-refractivity contribution in [1.29, 1.82) is 0 Å². The number of esters is 1. The molecule has 346 valence electrons. The highest BCUT2D eigenvalue weighted by Crippen LogP contribution is 2.41. The van der Waals surface area contributed by atoms with Crippen molar-refractivity contribution in [2.75, 3.05) is 48.3 Å². The number of methoxy groups -OCH3 is 2. The first-order chi connectivity index (χ1) is 27.3. The number of hydrogen-bond acceptors (Lipinski definition) is 18. The number of carbonyl (C=O) groups is 1. The summed E-state index contributed by atoms with van der Waals surface area (Å²) in [5.74, 6) is -4.05. The topological polar surface area (TPSA) is 237 Å². The lowest BCUT2D eigenvalue weighted by atomic mass is 9.72. The Balaban J connectivity index is 2.26. The van der Waals surface area contributed by atoms with E-state index in [1.165, 1.54) is 41.9 Å². The fourth-order valence-corrected chi connectivity index (χ4v) is 9.01. The lowest BCUT2D eigenvalue weighted by molar-refractivity contribution is -0.318. The quantitative estimate of drug-likeness (QED) is 0.0663. The van der Waals surface area contributed by atoms with Crippen molar-refractivity contribution in [2.45, 2.75) is 185 Å². The average Bonchev–Trinajstić information content (AvgIpc) is 3.15. The Morgan fingerprint density at radius 3 is 2.12 bits per heavy atom. The summed E-state index contributed by atoms with van der Waals surface area (Å²) in [6.45, 7) is 16.0. The van der Waals surface area contributed by atoms with Gasteiger partial charge in [0.05, 0.1) is 66.6 Å². The molecule has 3 fully saturated rings. The van der Waals surface area contributed by atoms with Gasteiger partial charge in [0.25, 0.3) is 0 Å².